The van der Waals surface area contributed by atoms with E-state index in [1.165, 1.54) is 5.56 Å². The molecule has 0 bridgehead atoms. The number of aromatic nitrogens is 1. The molecule has 0 atom stereocenters. The van der Waals surface area contributed by atoms with Crippen molar-refractivity contribution in [2.75, 3.05) is 26.7 Å². The van der Waals surface area contributed by atoms with E-state index in [2.05, 4.69) is 9.88 Å². The molecule has 2 aromatic rings. The quantitative estimate of drug-likeness (QED) is 0.663. The first-order chi connectivity index (χ1) is 14.1. The summed E-state index contributed by atoms with van der Waals surface area (Å²) in [6.45, 7) is 3.33. The fourth-order valence-electron chi connectivity index (χ4n) is 4.01. The molecule has 2 fully saturated rings. The molecule has 7 heteroatoms. The van der Waals surface area contributed by atoms with E-state index in [0.29, 0.717) is 23.1 Å². The molecule has 4 rings (SSSR count). The number of benzene rings is 1. The maximum atomic E-state index is 13.5. The van der Waals surface area contributed by atoms with Crippen molar-refractivity contribution in [3.05, 3.63) is 54.4 Å². The molecule has 1 aromatic carbocycles. The lowest BCUT2D eigenvalue weighted by Crippen LogP contribution is -2.47. The third-order valence-corrected chi connectivity index (χ3v) is 7.82. The van der Waals surface area contributed by atoms with Crippen molar-refractivity contribution in [2.45, 2.75) is 43.2 Å². The van der Waals surface area contributed by atoms with Crippen molar-refractivity contribution >= 4 is 10.0 Å². The third kappa shape index (κ3) is 4.97. The molecule has 29 heavy (non-hydrogen) atoms. The Morgan fingerprint density at radius 2 is 1.83 bits per heavy atom. The highest BCUT2D eigenvalue weighted by molar-refractivity contribution is 7.89. The zero-order valence-corrected chi connectivity index (χ0v) is 17.7. The number of sulfonamides is 1. The van der Waals surface area contributed by atoms with Gasteiger partial charge in [0.15, 0.2) is 0 Å². The third-order valence-electron chi connectivity index (χ3n) is 5.90. The van der Waals surface area contributed by atoms with E-state index in [4.69, 9.17) is 4.74 Å². The standard InChI is InChI=1S/C22H29N3O3S/c1-28-21-3-2-4-22(15-21)29(26,27)25(17-18-5-6-18)20-9-13-24(14-10-20)16-19-7-11-23-12-8-19/h2-4,7-8,11-12,15,18,20H,5-6,9-10,13-14,16-17H2,1H3. The predicted molar refractivity (Wildman–Crippen MR) is 112 cm³/mol. The molecule has 0 N–H and O–H groups in total. The van der Waals surface area contributed by atoms with Crippen LogP contribution < -0.4 is 4.74 Å². The van der Waals surface area contributed by atoms with E-state index in [0.717, 1.165) is 45.3 Å². The zero-order valence-electron chi connectivity index (χ0n) is 16.9. The van der Waals surface area contributed by atoms with Crippen molar-refractivity contribution in [2.24, 2.45) is 5.92 Å². The summed E-state index contributed by atoms with van der Waals surface area (Å²) >= 11 is 0. The van der Waals surface area contributed by atoms with Crippen LogP contribution >= 0.6 is 0 Å². The minimum atomic E-state index is -3.54. The summed E-state index contributed by atoms with van der Waals surface area (Å²) in [5.74, 6) is 1.08. The summed E-state index contributed by atoms with van der Waals surface area (Å²) in [6, 6.07) is 11.0. The average molecular weight is 416 g/mol. The number of likely N-dealkylation sites (tertiary alicyclic amines) is 1. The number of ether oxygens (including phenoxy) is 1. The minimum Gasteiger partial charge on any atom is -0.497 e. The molecule has 1 saturated heterocycles. The summed E-state index contributed by atoms with van der Waals surface area (Å²) in [5.41, 5.74) is 1.25. The number of rotatable bonds is 8. The van der Waals surface area contributed by atoms with Crippen LogP contribution in [-0.4, -0.2) is 55.4 Å². The van der Waals surface area contributed by atoms with E-state index in [1.54, 1.807) is 35.7 Å². The Hall–Kier alpha value is -1.96. The van der Waals surface area contributed by atoms with Crippen molar-refractivity contribution in [1.29, 1.82) is 0 Å². The van der Waals surface area contributed by atoms with Gasteiger partial charge in [-0.25, -0.2) is 8.42 Å². The molecule has 0 amide bonds. The Morgan fingerprint density at radius 3 is 2.48 bits per heavy atom. The number of methoxy groups -OCH3 is 1. The second-order valence-electron chi connectivity index (χ2n) is 8.06. The number of hydrogen-bond donors (Lipinski definition) is 0. The van der Waals surface area contributed by atoms with Crippen molar-refractivity contribution < 1.29 is 13.2 Å². The van der Waals surface area contributed by atoms with Gasteiger partial charge in [-0.2, -0.15) is 4.31 Å². The molecule has 2 aliphatic rings. The van der Waals surface area contributed by atoms with Crippen molar-refractivity contribution in [3.8, 4) is 5.75 Å². The highest BCUT2D eigenvalue weighted by atomic mass is 32.2. The molecule has 0 unspecified atom stereocenters. The lowest BCUT2D eigenvalue weighted by atomic mass is 10.0. The summed E-state index contributed by atoms with van der Waals surface area (Å²) in [4.78, 5) is 6.81. The molecule has 1 aliphatic heterocycles. The first kappa shape index (κ1) is 20.3. The molecule has 6 nitrogen and oxygen atoms in total. The number of hydrogen-bond acceptors (Lipinski definition) is 5. The maximum absolute atomic E-state index is 13.5. The van der Waals surface area contributed by atoms with Crippen LogP contribution in [0.1, 0.15) is 31.2 Å². The lowest BCUT2D eigenvalue weighted by molar-refractivity contribution is 0.151. The number of pyridine rings is 1. The van der Waals surface area contributed by atoms with Gasteiger partial charge in [-0.05, 0) is 61.4 Å². The monoisotopic (exact) mass is 415 g/mol. The van der Waals surface area contributed by atoms with E-state index >= 15 is 0 Å². The van der Waals surface area contributed by atoms with Crippen LogP contribution in [0.3, 0.4) is 0 Å². The fourth-order valence-corrected chi connectivity index (χ4v) is 5.80. The highest BCUT2D eigenvalue weighted by Crippen LogP contribution is 2.35. The lowest BCUT2D eigenvalue weighted by Gasteiger charge is -2.38. The van der Waals surface area contributed by atoms with Crippen LogP contribution in [0.5, 0.6) is 5.75 Å². The Bertz CT molecular complexity index is 908. The van der Waals surface area contributed by atoms with Crippen LogP contribution in [-0.2, 0) is 16.6 Å². The van der Waals surface area contributed by atoms with Gasteiger partial charge >= 0.3 is 0 Å². The van der Waals surface area contributed by atoms with Gasteiger partial charge in [-0.1, -0.05) is 6.07 Å². The van der Waals surface area contributed by atoms with Gasteiger partial charge in [0.25, 0.3) is 0 Å². The van der Waals surface area contributed by atoms with E-state index in [-0.39, 0.29) is 6.04 Å². The van der Waals surface area contributed by atoms with Gasteiger partial charge in [0.1, 0.15) is 5.75 Å². The molecule has 1 aromatic heterocycles. The fraction of sp³-hybridized carbons (Fsp3) is 0.500. The smallest absolute Gasteiger partial charge is 0.243 e. The first-order valence-corrected chi connectivity index (χ1v) is 11.8. The van der Waals surface area contributed by atoms with Gasteiger partial charge in [-0.15, -0.1) is 0 Å². The van der Waals surface area contributed by atoms with Crippen LogP contribution in [0.2, 0.25) is 0 Å². The van der Waals surface area contributed by atoms with E-state index in [9.17, 15) is 8.42 Å². The summed E-state index contributed by atoms with van der Waals surface area (Å²) < 4.78 is 34.0. The number of nitrogens with zero attached hydrogens (tertiary/aromatic N) is 3. The second kappa shape index (κ2) is 8.81. The summed E-state index contributed by atoms with van der Waals surface area (Å²) in [7, 11) is -1.98. The van der Waals surface area contributed by atoms with Crippen LogP contribution in [0.25, 0.3) is 0 Å². The molecular weight excluding hydrogens is 386 g/mol. The summed E-state index contributed by atoms with van der Waals surface area (Å²) in [6.07, 6.45) is 7.62. The Morgan fingerprint density at radius 1 is 1.10 bits per heavy atom. The van der Waals surface area contributed by atoms with Gasteiger partial charge < -0.3 is 4.74 Å². The SMILES string of the molecule is COc1cccc(S(=O)(=O)N(CC2CC2)C2CCN(Cc3ccncc3)CC2)c1. The van der Waals surface area contributed by atoms with Crippen LogP contribution in [0, 0.1) is 5.92 Å². The largest absolute Gasteiger partial charge is 0.497 e. The molecular formula is C22H29N3O3S. The topological polar surface area (TPSA) is 62.7 Å². The van der Waals surface area contributed by atoms with Gasteiger partial charge in [0, 0.05) is 50.7 Å². The minimum absolute atomic E-state index is 0.0560. The molecule has 2 heterocycles. The maximum Gasteiger partial charge on any atom is 0.243 e. The van der Waals surface area contributed by atoms with Crippen molar-refractivity contribution in [3.63, 3.8) is 0 Å². The number of piperidine rings is 1. The summed E-state index contributed by atoms with van der Waals surface area (Å²) in [5, 5.41) is 0. The van der Waals surface area contributed by atoms with Gasteiger partial charge in [0.05, 0.1) is 12.0 Å². The van der Waals surface area contributed by atoms with E-state index in [1.807, 2.05) is 24.5 Å². The molecule has 1 saturated carbocycles. The molecule has 156 valence electrons. The normalized spacial score (nSPS) is 18.8. The van der Waals surface area contributed by atoms with Crippen LogP contribution in [0.4, 0.5) is 0 Å². The van der Waals surface area contributed by atoms with E-state index < -0.39 is 10.0 Å². The molecule has 0 radical (unpaired) electrons. The Kier molecular flexibility index (Phi) is 6.18. The Labute approximate surface area is 173 Å². The van der Waals surface area contributed by atoms with Gasteiger partial charge in [-0.3, -0.25) is 9.88 Å². The highest BCUT2D eigenvalue weighted by Gasteiger charge is 2.37. The average Bonchev–Trinajstić information content (AvgIpc) is 3.58. The van der Waals surface area contributed by atoms with Crippen LogP contribution in [0.15, 0.2) is 53.7 Å². The van der Waals surface area contributed by atoms with Gasteiger partial charge in [0.2, 0.25) is 10.0 Å². The predicted octanol–water partition coefficient (Wildman–Crippen LogP) is 3.16. The Balaban J connectivity index is 1.47. The first-order valence-electron chi connectivity index (χ1n) is 10.3. The molecule has 1 aliphatic carbocycles. The second-order valence-corrected chi connectivity index (χ2v) is 9.95. The van der Waals surface area contributed by atoms with Crippen molar-refractivity contribution in [1.82, 2.24) is 14.2 Å². The zero-order chi connectivity index (χ0) is 20.3. The molecule has 0 spiro atoms.